The summed E-state index contributed by atoms with van der Waals surface area (Å²) in [6.45, 7) is 3.50. The van der Waals surface area contributed by atoms with Crippen molar-refractivity contribution >= 4 is 11.8 Å². The van der Waals surface area contributed by atoms with Crippen LogP contribution in [0.5, 0.6) is 11.5 Å². The molecule has 0 unspecified atom stereocenters. The molecule has 6 nitrogen and oxygen atoms in total. The first kappa shape index (κ1) is 26.3. The molecule has 9 heteroatoms. The lowest BCUT2D eigenvalue weighted by molar-refractivity contribution is -0.139. The second-order valence-electron chi connectivity index (χ2n) is 8.97. The third-order valence-corrected chi connectivity index (χ3v) is 6.77. The van der Waals surface area contributed by atoms with E-state index in [0.29, 0.717) is 40.5 Å². The normalized spacial score (nSPS) is 19.8. The molecule has 0 bridgehead atoms. The van der Waals surface area contributed by atoms with Gasteiger partial charge in [0.05, 0.1) is 32.0 Å². The zero-order chi connectivity index (χ0) is 26.9. The van der Waals surface area contributed by atoms with Crippen LogP contribution in [0.3, 0.4) is 0 Å². The molecule has 0 saturated heterocycles. The molecular formula is C28H28F3NO5. The van der Waals surface area contributed by atoms with Crippen molar-refractivity contribution < 1.29 is 37.0 Å². The average molecular weight is 516 g/mol. The SMILES string of the molecule is CCOC(=O)C1=C(C)NC2=C(C(=O)C[C@H](c3ccc(OC)c(OC)c3)C2)[C@@H]1c1ccc(C(F)(F)F)cc1. The van der Waals surface area contributed by atoms with Crippen LogP contribution < -0.4 is 14.8 Å². The molecule has 0 saturated carbocycles. The molecule has 0 amide bonds. The number of methoxy groups -OCH3 is 2. The van der Waals surface area contributed by atoms with E-state index >= 15 is 0 Å². The predicted molar refractivity (Wildman–Crippen MR) is 130 cm³/mol. The van der Waals surface area contributed by atoms with Crippen LogP contribution >= 0.6 is 0 Å². The fraction of sp³-hybridized carbons (Fsp3) is 0.357. The van der Waals surface area contributed by atoms with Crippen LogP contribution in [0.15, 0.2) is 65.0 Å². The first-order valence-corrected chi connectivity index (χ1v) is 11.9. The lowest BCUT2D eigenvalue weighted by Crippen LogP contribution is -2.36. The smallest absolute Gasteiger partial charge is 0.416 e. The summed E-state index contributed by atoms with van der Waals surface area (Å²) in [5, 5.41) is 3.23. The first-order chi connectivity index (χ1) is 17.6. The van der Waals surface area contributed by atoms with E-state index in [-0.39, 0.29) is 30.3 Å². The highest BCUT2D eigenvalue weighted by Gasteiger charge is 2.42. The molecule has 1 N–H and O–H groups in total. The maximum Gasteiger partial charge on any atom is 0.416 e. The van der Waals surface area contributed by atoms with Gasteiger partial charge in [-0.05, 0) is 61.6 Å². The van der Waals surface area contributed by atoms with Crippen molar-refractivity contribution in [3.05, 3.63) is 81.7 Å². The molecule has 2 aromatic carbocycles. The average Bonchev–Trinajstić information content (AvgIpc) is 2.86. The molecule has 2 aliphatic rings. The molecule has 37 heavy (non-hydrogen) atoms. The molecule has 1 heterocycles. The Bertz CT molecular complexity index is 1280. The van der Waals surface area contributed by atoms with Crippen molar-refractivity contribution in [1.29, 1.82) is 0 Å². The number of ether oxygens (including phenoxy) is 3. The molecule has 0 spiro atoms. The molecule has 1 aliphatic heterocycles. The Balaban J connectivity index is 1.77. The van der Waals surface area contributed by atoms with E-state index in [9.17, 15) is 22.8 Å². The van der Waals surface area contributed by atoms with Crippen LogP contribution in [0.1, 0.15) is 55.2 Å². The van der Waals surface area contributed by atoms with Gasteiger partial charge in [-0.25, -0.2) is 4.79 Å². The summed E-state index contributed by atoms with van der Waals surface area (Å²) in [7, 11) is 3.08. The Morgan fingerprint density at radius 2 is 1.65 bits per heavy atom. The summed E-state index contributed by atoms with van der Waals surface area (Å²) >= 11 is 0. The van der Waals surface area contributed by atoms with Gasteiger partial charge in [0, 0.05) is 29.3 Å². The fourth-order valence-electron chi connectivity index (χ4n) is 5.06. The maximum absolute atomic E-state index is 13.6. The number of alkyl halides is 3. The molecule has 2 aromatic rings. The molecule has 0 radical (unpaired) electrons. The Labute approximate surface area is 213 Å². The van der Waals surface area contributed by atoms with Crippen LogP contribution in [0.2, 0.25) is 0 Å². The predicted octanol–water partition coefficient (Wildman–Crippen LogP) is 5.65. The monoisotopic (exact) mass is 515 g/mol. The molecule has 196 valence electrons. The maximum atomic E-state index is 13.6. The summed E-state index contributed by atoms with van der Waals surface area (Å²) < 4.78 is 55.6. The highest BCUT2D eigenvalue weighted by Crippen LogP contribution is 2.47. The number of halogens is 3. The summed E-state index contributed by atoms with van der Waals surface area (Å²) in [6, 6.07) is 10.1. The van der Waals surface area contributed by atoms with Crippen molar-refractivity contribution in [3.8, 4) is 11.5 Å². The largest absolute Gasteiger partial charge is 0.493 e. The Kier molecular flexibility index (Phi) is 7.34. The van der Waals surface area contributed by atoms with E-state index in [2.05, 4.69) is 5.32 Å². The van der Waals surface area contributed by atoms with Crippen LogP contribution in [0, 0.1) is 0 Å². The second kappa shape index (κ2) is 10.3. The number of carbonyl (C=O) groups excluding carboxylic acids is 2. The molecule has 4 rings (SSSR count). The van der Waals surface area contributed by atoms with E-state index in [1.807, 2.05) is 12.1 Å². The van der Waals surface area contributed by atoms with Gasteiger partial charge in [-0.2, -0.15) is 13.2 Å². The standard InChI is InChI=1S/C28H28F3NO5/c1-5-37-27(34)24-15(2)32-20-12-18(17-8-11-22(35-3)23(14-17)36-4)13-21(33)26(20)25(24)16-6-9-19(10-7-16)28(29,30)31/h6-11,14,18,25,32H,5,12-13H2,1-4H3/t18-,25-/m1/s1. The van der Waals surface area contributed by atoms with Crippen LogP contribution in [-0.4, -0.2) is 32.6 Å². The van der Waals surface area contributed by atoms with Gasteiger partial charge < -0.3 is 19.5 Å². The summed E-state index contributed by atoms with van der Waals surface area (Å²) in [5.41, 5.74) is 2.25. The van der Waals surface area contributed by atoms with E-state index in [0.717, 1.165) is 17.7 Å². The first-order valence-electron chi connectivity index (χ1n) is 11.9. The number of rotatable bonds is 6. The number of esters is 1. The number of hydrogen-bond acceptors (Lipinski definition) is 6. The number of carbonyl (C=O) groups is 2. The summed E-state index contributed by atoms with van der Waals surface area (Å²) in [6.07, 6.45) is -3.86. The minimum Gasteiger partial charge on any atom is -0.493 e. The van der Waals surface area contributed by atoms with E-state index in [1.54, 1.807) is 27.0 Å². The lowest BCUT2D eigenvalue weighted by atomic mass is 9.71. The van der Waals surface area contributed by atoms with E-state index < -0.39 is 23.6 Å². The number of Topliss-reactive ketones (excluding diaryl/α,β-unsaturated/α-hetero) is 1. The van der Waals surface area contributed by atoms with Crippen molar-refractivity contribution in [2.75, 3.05) is 20.8 Å². The summed E-state index contributed by atoms with van der Waals surface area (Å²) in [4.78, 5) is 26.6. The zero-order valence-electron chi connectivity index (χ0n) is 21.0. The Morgan fingerprint density at radius 3 is 2.24 bits per heavy atom. The number of nitrogens with one attached hydrogen (secondary N) is 1. The summed E-state index contributed by atoms with van der Waals surface area (Å²) in [5.74, 6) is -0.678. The Morgan fingerprint density at radius 1 is 1.00 bits per heavy atom. The zero-order valence-corrected chi connectivity index (χ0v) is 21.0. The van der Waals surface area contributed by atoms with Crippen LogP contribution in [0.4, 0.5) is 13.2 Å². The van der Waals surface area contributed by atoms with Crippen molar-refractivity contribution in [2.45, 2.75) is 44.7 Å². The van der Waals surface area contributed by atoms with Gasteiger partial charge in [-0.15, -0.1) is 0 Å². The molecule has 2 atom stereocenters. The third-order valence-electron chi connectivity index (χ3n) is 6.77. The van der Waals surface area contributed by atoms with E-state index in [4.69, 9.17) is 14.2 Å². The Hall–Kier alpha value is -3.75. The van der Waals surface area contributed by atoms with Gasteiger partial charge in [0.1, 0.15) is 0 Å². The number of allylic oxidation sites excluding steroid dienone is 3. The van der Waals surface area contributed by atoms with Gasteiger partial charge in [0.15, 0.2) is 17.3 Å². The highest BCUT2D eigenvalue weighted by molar-refractivity contribution is 6.04. The van der Waals surface area contributed by atoms with Gasteiger partial charge in [0.2, 0.25) is 0 Å². The topological polar surface area (TPSA) is 73.9 Å². The number of dihydropyridines is 1. The van der Waals surface area contributed by atoms with Crippen LogP contribution in [-0.2, 0) is 20.5 Å². The number of ketones is 1. The number of hydrogen-bond donors (Lipinski definition) is 1. The van der Waals surface area contributed by atoms with Crippen molar-refractivity contribution in [2.24, 2.45) is 0 Å². The lowest BCUT2D eigenvalue weighted by Gasteiger charge is -2.36. The minimum absolute atomic E-state index is 0.122. The van der Waals surface area contributed by atoms with E-state index in [1.165, 1.54) is 19.2 Å². The number of benzene rings is 2. The molecule has 0 fully saturated rings. The fourth-order valence-corrected chi connectivity index (χ4v) is 5.06. The molecule has 1 aliphatic carbocycles. The highest BCUT2D eigenvalue weighted by atomic mass is 19.4. The van der Waals surface area contributed by atoms with Crippen molar-refractivity contribution in [1.82, 2.24) is 5.32 Å². The molecule has 0 aromatic heterocycles. The molecular weight excluding hydrogens is 487 g/mol. The minimum atomic E-state index is -4.50. The van der Waals surface area contributed by atoms with Gasteiger partial charge >= 0.3 is 12.1 Å². The third kappa shape index (κ3) is 5.08. The van der Waals surface area contributed by atoms with Gasteiger partial charge in [-0.1, -0.05) is 18.2 Å². The van der Waals surface area contributed by atoms with Crippen LogP contribution in [0.25, 0.3) is 0 Å². The van der Waals surface area contributed by atoms with Crippen molar-refractivity contribution in [3.63, 3.8) is 0 Å². The van der Waals surface area contributed by atoms with Gasteiger partial charge in [0.25, 0.3) is 0 Å². The van der Waals surface area contributed by atoms with Gasteiger partial charge in [-0.3, -0.25) is 4.79 Å². The second-order valence-corrected chi connectivity index (χ2v) is 8.97. The quantitative estimate of drug-likeness (QED) is 0.502.